The molecule has 34 heavy (non-hydrogen) atoms. The first-order valence-corrected chi connectivity index (χ1v) is 11.3. The van der Waals surface area contributed by atoms with Crippen LogP contribution < -0.4 is 14.8 Å². The highest BCUT2D eigenvalue weighted by Crippen LogP contribution is 2.33. The van der Waals surface area contributed by atoms with Crippen molar-refractivity contribution in [1.29, 1.82) is 0 Å². The van der Waals surface area contributed by atoms with Crippen molar-refractivity contribution in [3.05, 3.63) is 53.6 Å². The van der Waals surface area contributed by atoms with Gasteiger partial charge in [0.05, 0.1) is 19.1 Å². The molecule has 178 valence electrons. The third-order valence-corrected chi connectivity index (χ3v) is 6.22. The maximum atomic E-state index is 13.0. The lowest BCUT2D eigenvalue weighted by Crippen LogP contribution is -2.39. The minimum Gasteiger partial charge on any atom is -0.465 e. The van der Waals surface area contributed by atoms with Crippen molar-refractivity contribution in [2.75, 3.05) is 32.3 Å². The van der Waals surface area contributed by atoms with Crippen LogP contribution in [0.3, 0.4) is 0 Å². The van der Waals surface area contributed by atoms with Crippen LogP contribution in [0, 0.1) is 0 Å². The van der Waals surface area contributed by atoms with Gasteiger partial charge in [-0.2, -0.15) is 0 Å². The first-order valence-electron chi connectivity index (χ1n) is 10.9. The SMILES string of the molecule is CCN1C(=O)C(CC(=O)Nc2ccc(C(=O)OC)cc2)N(CCc2ccc3c(c2)OCO3)C1=S. The first kappa shape index (κ1) is 23.5. The van der Waals surface area contributed by atoms with Gasteiger partial charge in [0.2, 0.25) is 12.7 Å². The standard InChI is InChI=1S/C24H25N3O6S/c1-3-26-22(29)18(13-21(28)25-17-7-5-16(6-8-17)23(30)31-2)27(24(26)34)11-10-15-4-9-19-20(12-15)33-14-32-19/h4-9,12,18H,3,10-11,13-14H2,1-2H3,(H,25,28). The van der Waals surface area contributed by atoms with Gasteiger partial charge in [-0.3, -0.25) is 14.5 Å². The lowest BCUT2D eigenvalue weighted by Gasteiger charge is -2.23. The van der Waals surface area contributed by atoms with E-state index in [4.69, 9.17) is 21.7 Å². The van der Waals surface area contributed by atoms with Crippen LogP contribution in [0.5, 0.6) is 11.5 Å². The van der Waals surface area contributed by atoms with E-state index in [-0.39, 0.29) is 25.0 Å². The van der Waals surface area contributed by atoms with E-state index >= 15 is 0 Å². The van der Waals surface area contributed by atoms with Crippen LogP contribution in [0.2, 0.25) is 0 Å². The number of nitrogens with zero attached hydrogens (tertiary/aromatic N) is 2. The van der Waals surface area contributed by atoms with Crippen LogP contribution in [0.25, 0.3) is 0 Å². The molecule has 2 aliphatic heterocycles. The Balaban J connectivity index is 1.42. The number of anilines is 1. The molecule has 9 nitrogen and oxygen atoms in total. The molecule has 1 unspecified atom stereocenters. The van der Waals surface area contributed by atoms with E-state index in [1.807, 2.05) is 30.0 Å². The van der Waals surface area contributed by atoms with Crippen LogP contribution in [0.15, 0.2) is 42.5 Å². The van der Waals surface area contributed by atoms with Gasteiger partial charge in [-0.05, 0) is 67.5 Å². The minimum atomic E-state index is -0.684. The van der Waals surface area contributed by atoms with Gasteiger partial charge in [0.1, 0.15) is 6.04 Å². The molecule has 2 aromatic rings. The maximum absolute atomic E-state index is 13.0. The molecule has 1 N–H and O–H groups in total. The van der Waals surface area contributed by atoms with E-state index in [0.717, 1.165) is 5.56 Å². The summed E-state index contributed by atoms with van der Waals surface area (Å²) in [6.45, 7) is 2.97. The molecule has 1 saturated heterocycles. The van der Waals surface area contributed by atoms with Crippen molar-refractivity contribution in [2.24, 2.45) is 0 Å². The molecule has 0 spiro atoms. The lowest BCUT2D eigenvalue weighted by atomic mass is 10.1. The largest absolute Gasteiger partial charge is 0.465 e. The van der Waals surface area contributed by atoms with Gasteiger partial charge in [-0.1, -0.05) is 6.07 Å². The van der Waals surface area contributed by atoms with Gasteiger partial charge >= 0.3 is 5.97 Å². The Kier molecular flexibility index (Phi) is 6.97. The smallest absolute Gasteiger partial charge is 0.337 e. The molecule has 0 radical (unpaired) electrons. The summed E-state index contributed by atoms with van der Waals surface area (Å²) in [5.74, 6) is 0.442. The van der Waals surface area contributed by atoms with Crippen molar-refractivity contribution in [3.63, 3.8) is 0 Å². The predicted molar refractivity (Wildman–Crippen MR) is 128 cm³/mol. The molecule has 1 atom stereocenters. The van der Waals surface area contributed by atoms with Gasteiger partial charge in [0.25, 0.3) is 5.91 Å². The first-order chi connectivity index (χ1) is 16.4. The van der Waals surface area contributed by atoms with Crippen LogP contribution in [-0.2, 0) is 20.7 Å². The van der Waals surface area contributed by atoms with Crippen LogP contribution in [0.1, 0.15) is 29.3 Å². The molecular weight excluding hydrogens is 458 g/mol. The molecule has 2 aromatic carbocycles. The molecule has 0 saturated carbocycles. The van der Waals surface area contributed by atoms with Crippen molar-refractivity contribution < 1.29 is 28.6 Å². The number of carbonyl (C=O) groups excluding carboxylic acids is 3. The number of benzene rings is 2. The highest BCUT2D eigenvalue weighted by atomic mass is 32.1. The van der Waals surface area contributed by atoms with Crippen molar-refractivity contribution in [3.8, 4) is 11.5 Å². The fourth-order valence-corrected chi connectivity index (χ4v) is 4.41. The number of hydrogen-bond donors (Lipinski definition) is 1. The van der Waals surface area contributed by atoms with E-state index in [0.29, 0.717) is 47.4 Å². The highest BCUT2D eigenvalue weighted by Gasteiger charge is 2.42. The zero-order valence-electron chi connectivity index (χ0n) is 18.9. The quantitative estimate of drug-likeness (QED) is 0.452. The average Bonchev–Trinajstić information content (AvgIpc) is 3.39. The topological polar surface area (TPSA) is 97.4 Å². The molecule has 4 rings (SSSR count). The predicted octanol–water partition coefficient (Wildman–Crippen LogP) is 2.59. The second-order valence-corrected chi connectivity index (χ2v) is 8.20. The number of rotatable bonds is 8. The van der Waals surface area contributed by atoms with E-state index < -0.39 is 12.0 Å². The number of fused-ring (bicyclic) bond motifs is 1. The zero-order chi connectivity index (χ0) is 24.2. The summed E-state index contributed by atoms with van der Waals surface area (Å²) in [6.07, 6.45) is 0.574. The highest BCUT2D eigenvalue weighted by molar-refractivity contribution is 7.80. The third-order valence-electron chi connectivity index (χ3n) is 5.77. The Labute approximate surface area is 202 Å². The number of ether oxygens (including phenoxy) is 3. The number of nitrogens with one attached hydrogen (secondary N) is 1. The summed E-state index contributed by atoms with van der Waals surface area (Å²) in [4.78, 5) is 40.7. The van der Waals surface area contributed by atoms with Crippen molar-refractivity contribution in [1.82, 2.24) is 9.80 Å². The average molecular weight is 484 g/mol. The molecule has 1 fully saturated rings. The van der Waals surface area contributed by atoms with E-state index in [2.05, 4.69) is 10.1 Å². The molecule has 0 aliphatic carbocycles. The Bertz CT molecular complexity index is 1120. The van der Waals surface area contributed by atoms with Gasteiger partial charge in [-0.25, -0.2) is 4.79 Å². The number of carbonyl (C=O) groups is 3. The lowest BCUT2D eigenvalue weighted by molar-refractivity contribution is -0.130. The molecule has 0 bridgehead atoms. The minimum absolute atomic E-state index is 0.0463. The van der Waals surface area contributed by atoms with Crippen molar-refractivity contribution >= 4 is 40.8 Å². The Morgan fingerprint density at radius 3 is 2.59 bits per heavy atom. The zero-order valence-corrected chi connectivity index (χ0v) is 19.7. The molecule has 2 heterocycles. The van der Waals surface area contributed by atoms with Gasteiger partial charge < -0.3 is 24.4 Å². The summed E-state index contributed by atoms with van der Waals surface area (Å²) in [5.41, 5.74) is 1.92. The molecular formula is C24H25N3O6S. The number of methoxy groups -OCH3 is 1. The van der Waals surface area contributed by atoms with Gasteiger partial charge in [-0.15, -0.1) is 0 Å². The molecule has 2 aliphatic rings. The fraction of sp³-hybridized carbons (Fsp3) is 0.333. The summed E-state index contributed by atoms with van der Waals surface area (Å²) >= 11 is 5.55. The van der Waals surface area contributed by atoms with E-state index in [9.17, 15) is 14.4 Å². The molecule has 10 heteroatoms. The van der Waals surface area contributed by atoms with E-state index in [1.165, 1.54) is 12.0 Å². The second-order valence-electron chi connectivity index (χ2n) is 7.83. The monoisotopic (exact) mass is 483 g/mol. The fourth-order valence-electron chi connectivity index (χ4n) is 3.98. The molecule has 0 aromatic heterocycles. The van der Waals surface area contributed by atoms with Crippen LogP contribution in [-0.4, -0.2) is 65.7 Å². The Hall–Kier alpha value is -3.66. The number of thiocarbonyl (C=S) groups is 1. The normalized spacial score (nSPS) is 16.7. The number of esters is 1. The molecule has 2 amide bonds. The maximum Gasteiger partial charge on any atom is 0.337 e. The van der Waals surface area contributed by atoms with Gasteiger partial charge in [0.15, 0.2) is 16.6 Å². The van der Waals surface area contributed by atoms with Gasteiger partial charge in [0, 0.05) is 18.8 Å². The summed E-state index contributed by atoms with van der Waals surface area (Å²) in [5, 5.41) is 3.21. The van der Waals surface area contributed by atoms with Crippen LogP contribution >= 0.6 is 12.2 Å². The Morgan fingerprint density at radius 2 is 1.88 bits per heavy atom. The number of likely N-dealkylation sites (N-methyl/N-ethyl adjacent to an activating group) is 1. The third kappa shape index (κ3) is 4.81. The van der Waals surface area contributed by atoms with E-state index in [1.54, 1.807) is 24.3 Å². The second kappa shape index (κ2) is 10.1. The summed E-state index contributed by atoms with van der Waals surface area (Å²) in [6, 6.07) is 11.4. The van der Waals surface area contributed by atoms with Crippen molar-refractivity contribution in [2.45, 2.75) is 25.8 Å². The van der Waals surface area contributed by atoms with Crippen LogP contribution in [0.4, 0.5) is 5.69 Å². The number of amides is 2. The summed E-state index contributed by atoms with van der Waals surface area (Å²) in [7, 11) is 1.30. The number of hydrogen-bond acceptors (Lipinski definition) is 7. The summed E-state index contributed by atoms with van der Waals surface area (Å²) < 4.78 is 15.5. The Morgan fingerprint density at radius 1 is 1.15 bits per heavy atom.